The summed E-state index contributed by atoms with van der Waals surface area (Å²) in [6.45, 7) is 7.73. The molecule has 2 saturated carbocycles. The molecule has 4 rings (SSSR count). The van der Waals surface area contributed by atoms with Gasteiger partial charge in [0.1, 0.15) is 11.9 Å². The first-order valence-corrected chi connectivity index (χ1v) is 15.7. The Morgan fingerprint density at radius 2 is 1.70 bits per heavy atom. The van der Waals surface area contributed by atoms with E-state index >= 15 is 0 Å². The predicted octanol–water partition coefficient (Wildman–Crippen LogP) is 8.90. The predicted molar refractivity (Wildman–Crippen MR) is 152 cm³/mol. The van der Waals surface area contributed by atoms with Crippen LogP contribution in [0.2, 0.25) is 0 Å². The van der Waals surface area contributed by atoms with Crippen LogP contribution in [-0.2, 0) is 11.2 Å². The lowest BCUT2D eigenvalue weighted by Gasteiger charge is -2.53. The minimum Gasteiger partial charge on any atom is -0.508 e. The zero-order valence-electron chi connectivity index (χ0n) is 23.9. The average molecular weight is 512 g/mol. The van der Waals surface area contributed by atoms with Gasteiger partial charge in [-0.2, -0.15) is 0 Å². The summed E-state index contributed by atoms with van der Waals surface area (Å²) in [6.07, 6.45) is 19.6. The molecule has 0 aliphatic heterocycles. The molecule has 1 amide bonds. The maximum absolute atomic E-state index is 12.7. The van der Waals surface area contributed by atoms with Gasteiger partial charge in [-0.3, -0.25) is 0 Å². The summed E-state index contributed by atoms with van der Waals surface area (Å²) in [6, 6.07) is 6.05. The molecule has 0 saturated heterocycles. The van der Waals surface area contributed by atoms with Crippen LogP contribution in [0.4, 0.5) is 4.79 Å². The molecule has 2 fully saturated rings. The molecule has 3 aliphatic carbocycles. The van der Waals surface area contributed by atoms with Gasteiger partial charge in [-0.05, 0) is 85.5 Å². The Kier molecular flexibility index (Phi) is 10.2. The number of amides is 1. The van der Waals surface area contributed by atoms with Crippen molar-refractivity contribution in [2.45, 2.75) is 136 Å². The number of carbonyl (C=O) groups is 1. The Bertz CT molecular complexity index is 869. The molecule has 37 heavy (non-hydrogen) atoms. The van der Waals surface area contributed by atoms with Gasteiger partial charge in [0, 0.05) is 12.0 Å². The molecule has 208 valence electrons. The van der Waals surface area contributed by atoms with Crippen molar-refractivity contribution in [3.05, 3.63) is 29.3 Å². The highest BCUT2D eigenvalue weighted by Gasteiger charge is 2.58. The van der Waals surface area contributed by atoms with Crippen molar-refractivity contribution in [3.8, 4) is 5.75 Å². The zero-order valence-corrected chi connectivity index (χ0v) is 23.9. The van der Waals surface area contributed by atoms with Crippen molar-refractivity contribution in [2.75, 3.05) is 6.54 Å². The van der Waals surface area contributed by atoms with Gasteiger partial charge in [0.05, 0.1) is 0 Å². The van der Waals surface area contributed by atoms with E-state index in [0.717, 1.165) is 45.1 Å². The number of phenols is 1. The highest BCUT2D eigenvalue weighted by Crippen LogP contribution is 2.63. The summed E-state index contributed by atoms with van der Waals surface area (Å²) < 4.78 is 6.13. The van der Waals surface area contributed by atoms with Crippen LogP contribution in [0, 0.1) is 23.2 Å². The monoisotopic (exact) mass is 511 g/mol. The van der Waals surface area contributed by atoms with Gasteiger partial charge >= 0.3 is 6.09 Å². The lowest BCUT2D eigenvalue weighted by molar-refractivity contribution is -0.0450. The minimum atomic E-state index is -0.207. The summed E-state index contributed by atoms with van der Waals surface area (Å²) in [5.74, 6) is 2.89. The molecule has 0 heterocycles. The van der Waals surface area contributed by atoms with Crippen LogP contribution in [0.5, 0.6) is 5.75 Å². The topological polar surface area (TPSA) is 58.6 Å². The van der Waals surface area contributed by atoms with Gasteiger partial charge in [-0.25, -0.2) is 4.79 Å². The van der Waals surface area contributed by atoms with E-state index in [1.54, 1.807) is 0 Å². The number of phenolic OH excluding ortho intramolecular Hbond substituents is 1. The number of unbranched alkanes of at least 4 members (excludes halogenated alkanes) is 9. The largest absolute Gasteiger partial charge is 0.508 e. The highest BCUT2D eigenvalue weighted by atomic mass is 16.6. The molecule has 0 aromatic heterocycles. The third kappa shape index (κ3) is 6.66. The van der Waals surface area contributed by atoms with Crippen molar-refractivity contribution in [3.63, 3.8) is 0 Å². The van der Waals surface area contributed by atoms with Crippen LogP contribution in [-0.4, -0.2) is 23.8 Å². The normalized spacial score (nSPS) is 30.3. The fourth-order valence-electron chi connectivity index (χ4n) is 8.30. The Morgan fingerprint density at radius 1 is 1.00 bits per heavy atom. The van der Waals surface area contributed by atoms with Crippen molar-refractivity contribution in [1.29, 1.82) is 0 Å². The lowest BCUT2D eigenvalue weighted by Crippen LogP contribution is -2.48. The van der Waals surface area contributed by atoms with Crippen LogP contribution in [0.3, 0.4) is 0 Å². The number of hydrogen-bond donors (Lipinski definition) is 2. The number of fused-ring (bicyclic) bond motifs is 5. The van der Waals surface area contributed by atoms with E-state index in [1.165, 1.54) is 75.3 Å². The van der Waals surface area contributed by atoms with E-state index in [0.29, 0.717) is 29.4 Å². The second-order valence-electron chi connectivity index (χ2n) is 12.7. The van der Waals surface area contributed by atoms with Crippen LogP contribution in [0.25, 0.3) is 0 Å². The van der Waals surface area contributed by atoms with Gasteiger partial charge in [0.2, 0.25) is 0 Å². The summed E-state index contributed by atoms with van der Waals surface area (Å²) in [4.78, 5) is 12.7. The summed E-state index contributed by atoms with van der Waals surface area (Å²) >= 11 is 0. The lowest BCUT2D eigenvalue weighted by atomic mass is 9.52. The molecular weight excluding hydrogens is 458 g/mol. The van der Waals surface area contributed by atoms with Gasteiger partial charge in [-0.1, -0.05) is 91.0 Å². The van der Waals surface area contributed by atoms with Crippen molar-refractivity contribution >= 4 is 6.09 Å². The van der Waals surface area contributed by atoms with E-state index in [4.69, 9.17) is 4.74 Å². The molecular formula is C33H53NO3. The smallest absolute Gasteiger partial charge is 0.407 e. The van der Waals surface area contributed by atoms with E-state index in [1.807, 2.05) is 12.1 Å². The molecule has 1 aromatic rings. The molecule has 0 radical (unpaired) electrons. The quantitative estimate of drug-likeness (QED) is 0.260. The van der Waals surface area contributed by atoms with Crippen molar-refractivity contribution in [1.82, 2.24) is 5.32 Å². The zero-order chi connectivity index (χ0) is 26.3. The number of alkyl carbamates (subject to hydrolysis) is 1. The van der Waals surface area contributed by atoms with Gasteiger partial charge < -0.3 is 15.2 Å². The number of ether oxygens (including phenoxy) is 1. The maximum Gasteiger partial charge on any atom is 0.407 e. The van der Waals surface area contributed by atoms with Crippen LogP contribution >= 0.6 is 0 Å². The van der Waals surface area contributed by atoms with Crippen LogP contribution < -0.4 is 5.32 Å². The first-order chi connectivity index (χ1) is 18.0. The fraction of sp³-hybridized carbons (Fsp3) is 0.788. The summed E-state index contributed by atoms with van der Waals surface area (Å²) in [7, 11) is 0. The summed E-state index contributed by atoms with van der Waals surface area (Å²) in [5.41, 5.74) is 2.90. The SMILES string of the molecule is CCCCCCCCCCCCNC(=O)O[C@H]1CCC2C3C(CC[C@@]21C)c1ccc(O)cc1C[C@@H]3CC. The highest BCUT2D eigenvalue weighted by molar-refractivity contribution is 5.67. The van der Waals surface area contributed by atoms with E-state index in [9.17, 15) is 9.90 Å². The maximum atomic E-state index is 12.7. The number of hydrogen-bond acceptors (Lipinski definition) is 3. The minimum absolute atomic E-state index is 0.0323. The number of benzene rings is 1. The Labute approximate surface area is 226 Å². The molecule has 6 atom stereocenters. The number of aromatic hydroxyl groups is 1. The Morgan fingerprint density at radius 3 is 2.41 bits per heavy atom. The molecule has 4 heteroatoms. The number of nitrogens with one attached hydrogen (secondary N) is 1. The van der Waals surface area contributed by atoms with Crippen molar-refractivity contribution < 1.29 is 14.6 Å². The Balaban J connectivity index is 1.22. The standard InChI is InChI=1S/C33H53NO3/c1-4-6-7-8-9-10-11-12-13-14-21-34-32(36)37-30-18-17-29-31-24(5-2)22-25-23-26(35)15-16-27(25)28(31)19-20-33(29,30)3/h15-16,23-24,28-31,35H,4-14,17-22H2,1-3H3,(H,34,36)/t24-,28?,29?,30-,31?,33-/m0/s1. The summed E-state index contributed by atoms with van der Waals surface area (Å²) in [5, 5.41) is 13.1. The van der Waals surface area contributed by atoms with Gasteiger partial charge in [-0.15, -0.1) is 0 Å². The number of carbonyl (C=O) groups excluding carboxylic acids is 1. The second kappa shape index (κ2) is 13.4. The third-order valence-corrected chi connectivity index (χ3v) is 10.4. The molecule has 0 bridgehead atoms. The van der Waals surface area contributed by atoms with E-state index < -0.39 is 0 Å². The van der Waals surface area contributed by atoms with Crippen molar-refractivity contribution in [2.24, 2.45) is 23.2 Å². The number of rotatable bonds is 13. The van der Waals surface area contributed by atoms with Crippen LogP contribution in [0.1, 0.15) is 134 Å². The fourth-order valence-corrected chi connectivity index (χ4v) is 8.30. The first-order valence-electron chi connectivity index (χ1n) is 15.7. The first kappa shape index (κ1) is 28.3. The molecule has 1 aromatic carbocycles. The Hall–Kier alpha value is -1.71. The third-order valence-electron chi connectivity index (χ3n) is 10.4. The molecule has 3 aliphatic rings. The van der Waals surface area contributed by atoms with Gasteiger partial charge in [0.15, 0.2) is 0 Å². The second-order valence-corrected chi connectivity index (χ2v) is 12.7. The van der Waals surface area contributed by atoms with Crippen LogP contribution in [0.15, 0.2) is 18.2 Å². The molecule has 2 N–H and O–H groups in total. The van der Waals surface area contributed by atoms with Gasteiger partial charge in [0.25, 0.3) is 0 Å². The molecule has 3 unspecified atom stereocenters. The molecule has 4 nitrogen and oxygen atoms in total. The average Bonchev–Trinajstić information content (AvgIpc) is 3.22. The van der Waals surface area contributed by atoms with E-state index in [-0.39, 0.29) is 17.6 Å². The molecule has 0 spiro atoms. The van der Waals surface area contributed by atoms with E-state index in [2.05, 4.69) is 32.2 Å².